The average Bonchev–Trinajstić information content (AvgIpc) is 2.42. The van der Waals surface area contributed by atoms with Crippen LogP contribution in [0.15, 0.2) is 36.4 Å². The summed E-state index contributed by atoms with van der Waals surface area (Å²) in [6, 6.07) is 10.6. The maximum Gasteiger partial charge on any atom is 0.167 e. The lowest BCUT2D eigenvalue weighted by molar-refractivity contribution is 0.387. The van der Waals surface area contributed by atoms with Crippen LogP contribution in [0.25, 0.3) is 0 Å². The Balaban J connectivity index is 2.25. The van der Waals surface area contributed by atoms with E-state index in [1.807, 2.05) is 43.3 Å². The summed E-state index contributed by atoms with van der Waals surface area (Å²) in [5.74, 6) is -0.315. The summed E-state index contributed by atoms with van der Waals surface area (Å²) in [7, 11) is 5.38. The van der Waals surface area contributed by atoms with Gasteiger partial charge in [0, 0.05) is 37.6 Å². The molecule has 0 radical (unpaired) electrons. The van der Waals surface area contributed by atoms with Gasteiger partial charge in [0.05, 0.1) is 18.5 Å². The van der Waals surface area contributed by atoms with E-state index in [-0.39, 0.29) is 5.75 Å². The molecule has 106 valence electrons. The van der Waals surface area contributed by atoms with Crippen LogP contribution in [-0.2, 0) is 0 Å². The summed E-state index contributed by atoms with van der Waals surface area (Å²) in [6.45, 7) is 0. The number of halogens is 1. The monoisotopic (exact) mass is 275 g/mol. The van der Waals surface area contributed by atoms with E-state index in [0.717, 1.165) is 11.4 Å². The molecule has 0 atom stereocenters. The van der Waals surface area contributed by atoms with Gasteiger partial charge in [-0.2, -0.15) is 0 Å². The second kappa shape index (κ2) is 5.69. The maximum absolute atomic E-state index is 13.5. The number of nitrogens with zero attached hydrogens (tertiary/aromatic N) is 1. The topological polar surface area (TPSA) is 50.5 Å². The summed E-state index contributed by atoms with van der Waals surface area (Å²) in [5.41, 5.74) is 8.72. The molecular weight excluding hydrogens is 257 g/mol. The van der Waals surface area contributed by atoms with Crippen LogP contribution in [0.4, 0.5) is 27.1 Å². The Kier molecular flexibility index (Phi) is 3.98. The largest absolute Gasteiger partial charge is 0.494 e. The van der Waals surface area contributed by atoms with E-state index < -0.39 is 5.82 Å². The number of benzene rings is 2. The Bertz CT molecular complexity index is 597. The fourth-order valence-electron chi connectivity index (χ4n) is 1.83. The van der Waals surface area contributed by atoms with Gasteiger partial charge in [-0.15, -0.1) is 0 Å². The zero-order chi connectivity index (χ0) is 14.7. The minimum atomic E-state index is -0.474. The highest BCUT2D eigenvalue weighted by molar-refractivity contribution is 5.74. The second-order valence-electron chi connectivity index (χ2n) is 4.64. The van der Waals surface area contributed by atoms with Crippen molar-refractivity contribution in [1.82, 2.24) is 0 Å². The third-order valence-electron chi connectivity index (χ3n) is 2.99. The average molecular weight is 275 g/mol. The number of hydrogen-bond acceptors (Lipinski definition) is 4. The number of nitrogen functional groups attached to an aromatic ring is 1. The van der Waals surface area contributed by atoms with Crippen molar-refractivity contribution in [3.05, 3.63) is 42.2 Å². The standard InChI is InChI=1S/C15H18FN3O/c1-19(2)11-6-4-10(5-7-11)18-14-9-15(20-3)12(16)8-13(14)17/h4-9,18H,17H2,1-3H3. The Morgan fingerprint density at radius 2 is 1.80 bits per heavy atom. The highest BCUT2D eigenvalue weighted by Crippen LogP contribution is 2.30. The number of methoxy groups -OCH3 is 1. The number of nitrogens with one attached hydrogen (secondary N) is 1. The lowest BCUT2D eigenvalue weighted by Crippen LogP contribution is -2.08. The maximum atomic E-state index is 13.5. The van der Waals surface area contributed by atoms with E-state index in [1.54, 1.807) is 6.07 Å². The lowest BCUT2D eigenvalue weighted by Gasteiger charge is -2.15. The van der Waals surface area contributed by atoms with Crippen molar-refractivity contribution in [2.75, 3.05) is 37.2 Å². The van der Waals surface area contributed by atoms with Crippen molar-refractivity contribution in [3.8, 4) is 5.75 Å². The third kappa shape index (κ3) is 2.93. The number of rotatable bonds is 4. The molecule has 0 amide bonds. The first-order valence-electron chi connectivity index (χ1n) is 6.18. The third-order valence-corrected chi connectivity index (χ3v) is 2.99. The van der Waals surface area contributed by atoms with Crippen molar-refractivity contribution in [2.45, 2.75) is 0 Å². The lowest BCUT2D eigenvalue weighted by atomic mass is 10.2. The summed E-state index contributed by atoms with van der Waals surface area (Å²) < 4.78 is 18.4. The van der Waals surface area contributed by atoms with Crippen LogP contribution in [0.1, 0.15) is 0 Å². The van der Waals surface area contributed by atoms with Gasteiger partial charge in [0.1, 0.15) is 0 Å². The molecule has 0 aliphatic rings. The Morgan fingerprint density at radius 3 is 2.35 bits per heavy atom. The molecule has 0 unspecified atom stereocenters. The quantitative estimate of drug-likeness (QED) is 0.841. The van der Waals surface area contributed by atoms with Gasteiger partial charge in [-0.25, -0.2) is 4.39 Å². The molecule has 2 aromatic carbocycles. The number of anilines is 4. The van der Waals surface area contributed by atoms with Crippen molar-refractivity contribution in [1.29, 1.82) is 0 Å². The predicted molar refractivity (Wildman–Crippen MR) is 81.4 cm³/mol. The van der Waals surface area contributed by atoms with Crippen molar-refractivity contribution in [3.63, 3.8) is 0 Å². The van der Waals surface area contributed by atoms with Crippen molar-refractivity contribution < 1.29 is 9.13 Å². The molecule has 0 aromatic heterocycles. The minimum absolute atomic E-state index is 0.159. The van der Waals surface area contributed by atoms with Crippen molar-refractivity contribution >= 4 is 22.7 Å². The SMILES string of the molecule is COc1cc(Nc2ccc(N(C)C)cc2)c(N)cc1F. The Morgan fingerprint density at radius 1 is 1.15 bits per heavy atom. The molecule has 0 aliphatic carbocycles. The minimum Gasteiger partial charge on any atom is -0.494 e. The normalized spacial score (nSPS) is 10.2. The van der Waals surface area contributed by atoms with Crippen LogP contribution in [-0.4, -0.2) is 21.2 Å². The molecule has 2 aromatic rings. The fraction of sp³-hybridized carbons (Fsp3) is 0.200. The molecule has 0 saturated heterocycles. The first-order valence-corrected chi connectivity index (χ1v) is 6.18. The van der Waals surface area contributed by atoms with E-state index >= 15 is 0 Å². The van der Waals surface area contributed by atoms with Crippen LogP contribution in [0.5, 0.6) is 5.75 Å². The van der Waals surface area contributed by atoms with E-state index in [9.17, 15) is 4.39 Å². The molecule has 4 nitrogen and oxygen atoms in total. The molecule has 0 heterocycles. The second-order valence-corrected chi connectivity index (χ2v) is 4.64. The predicted octanol–water partition coefficient (Wildman–Crippen LogP) is 3.23. The molecule has 0 fully saturated rings. The molecule has 0 bridgehead atoms. The molecule has 5 heteroatoms. The zero-order valence-corrected chi connectivity index (χ0v) is 11.8. The molecule has 2 rings (SSSR count). The molecule has 3 N–H and O–H groups in total. The van der Waals surface area contributed by atoms with Crippen LogP contribution < -0.4 is 20.7 Å². The van der Waals surface area contributed by atoms with Gasteiger partial charge in [0.25, 0.3) is 0 Å². The van der Waals surface area contributed by atoms with Gasteiger partial charge in [-0.1, -0.05) is 0 Å². The molecule has 0 saturated carbocycles. The summed E-state index contributed by atoms with van der Waals surface area (Å²) in [6.07, 6.45) is 0. The fourth-order valence-corrected chi connectivity index (χ4v) is 1.83. The number of hydrogen-bond donors (Lipinski definition) is 2. The van der Waals surface area contributed by atoms with E-state index in [1.165, 1.54) is 13.2 Å². The molecular formula is C15H18FN3O. The van der Waals surface area contributed by atoms with Crippen LogP contribution in [0, 0.1) is 5.82 Å². The summed E-state index contributed by atoms with van der Waals surface area (Å²) >= 11 is 0. The van der Waals surface area contributed by atoms with Gasteiger partial charge in [0.2, 0.25) is 0 Å². The number of ether oxygens (including phenoxy) is 1. The van der Waals surface area contributed by atoms with Crippen LogP contribution in [0.3, 0.4) is 0 Å². The van der Waals surface area contributed by atoms with E-state index in [0.29, 0.717) is 11.4 Å². The Labute approximate surface area is 118 Å². The first kappa shape index (κ1) is 14.0. The highest BCUT2D eigenvalue weighted by Gasteiger charge is 2.08. The molecule has 20 heavy (non-hydrogen) atoms. The zero-order valence-electron chi connectivity index (χ0n) is 11.8. The molecule has 0 spiro atoms. The van der Waals surface area contributed by atoms with E-state index in [2.05, 4.69) is 5.32 Å². The Hall–Kier alpha value is -2.43. The van der Waals surface area contributed by atoms with Gasteiger partial charge < -0.3 is 20.7 Å². The van der Waals surface area contributed by atoms with E-state index in [4.69, 9.17) is 10.5 Å². The smallest absolute Gasteiger partial charge is 0.167 e. The summed E-state index contributed by atoms with van der Waals surface area (Å²) in [4.78, 5) is 2.01. The summed E-state index contributed by atoms with van der Waals surface area (Å²) in [5, 5.41) is 3.15. The van der Waals surface area contributed by atoms with Gasteiger partial charge in [-0.3, -0.25) is 0 Å². The van der Waals surface area contributed by atoms with Crippen LogP contribution >= 0.6 is 0 Å². The van der Waals surface area contributed by atoms with Gasteiger partial charge in [-0.05, 0) is 24.3 Å². The highest BCUT2D eigenvalue weighted by atomic mass is 19.1. The van der Waals surface area contributed by atoms with Crippen LogP contribution in [0.2, 0.25) is 0 Å². The first-order chi connectivity index (χ1) is 9.51. The number of nitrogens with two attached hydrogens (primary N) is 1. The molecule has 0 aliphatic heterocycles. The van der Waals surface area contributed by atoms with Gasteiger partial charge in [0.15, 0.2) is 11.6 Å². The van der Waals surface area contributed by atoms with Crippen molar-refractivity contribution in [2.24, 2.45) is 0 Å². The van der Waals surface area contributed by atoms with Gasteiger partial charge >= 0.3 is 0 Å².